The van der Waals surface area contributed by atoms with Crippen molar-refractivity contribution in [1.29, 1.82) is 0 Å². The second-order valence-electron chi connectivity index (χ2n) is 5.94. The minimum Gasteiger partial charge on any atom is -0.489 e. The van der Waals surface area contributed by atoms with Crippen molar-refractivity contribution in [2.24, 2.45) is 5.10 Å². The van der Waals surface area contributed by atoms with Crippen molar-refractivity contribution in [3.05, 3.63) is 75.2 Å². The molecule has 0 saturated carbocycles. The number of rotatable bonds is 9. The van der Waals surface area contributed by atoms with Crippen LogP contribution in [0.3, 0.4) is 0 Å². The van der Waals surface area contributed by atoms with E-state index in [1.54, 1.807) is 13.1 Å². The largest absolute Gasteiger partial charge is 0.489 e. The van der Waals surface area contributed by atoms with E-state index in [-0.39, 0.29) is 12.4 Å². The summed E-state index contributed by atoms with van der Waals surface area (Å²) in [5, 5.41) is 6.62. The molecule has 0 aliphatic heterocycles. The summed E-state index contributed by atoms with van der Waals surface area (Å²) in [4.78, 5) is 15.8. The number of benzene rings is 2. The zero-order valence-electron chi connectivity index (χ0n) is 15.8. The van der Waals surface area contributed by atoms with E-state index in [1.807, 2.05) is 53.9 Å². The van der Waals surface area contributed by atoms with Crippen LogP contribution in [0.15, 0.2) is 63.5 Å². The number of carbonyl (C=O) groups excluding carboxylic acids is 1. The van der Waals surface area contributed by atoms with Crippen LogP contribution < -0.4 is 10.2 Å². The van der Waals surface area contributed by atoms with Gasteiger partial charge in [0.05, 0.1) is 24.9 Å². The number of nitrogens with one attached hydrogen (secondary N) is 1. The lowest BCUT2D eigenvalue weighted by atomic mass is 10.2. The van der Waals surface area contributed by atoms with Crippen molar-refractivity contribution in [3.8, 4) is 5.75 Å². The number of esters is 1. The van der Waals surface area contributed by atoms with E-state index in [1.165, 1.54) is 11.3 Å². The molecule has 3 aromatic rings. The van der Waals surface area contributed by atoms with Crippen LogP contribution in [0, 0.1) is 0 Å². The van der Waals surface area contributed by atoms with Gasteiger partial charge in [0.2, 0.25) is 5.13 Å². The summed E-state index contributed by atoms with van der Waals surface area (Å²) in [6.45, 7) is 2.64. The highest BCUT2D eigenvalue weighted by molar-refractivity contribution is 9.10. The fourth-order valence-electron chi connectivity index (χ4n) is 2.39. The number of thiazole rings is 1. The van der Waals surface area contributed by atoms with Gasteiger partial charge < -0.3 is 9.47 Å². The molecule has 6 nitrogen and oxygen atoms in total. The minimum atomic E-state index is -0.283. The van der Waals surface area contributed by atoms with Crippen LogP contribution in [-0.2, 0) is 22.6 Å². The summed E-state index contributed by atoms with van der Waals surface area (Å²) in [6, 6.07) is 15.6. The van der Waals surface area contributed by atoms with Crippen LogP contribution in [0.2, 0.25) is 0 Å². The van der Waals surface area contributed by atoms with E-state index < -0.39 is 0 Å². The molecule has 0 atom stereocenters. The van der Waals surface area contributed by atoms with Crippen LogP contribution >= 0.6 is 27.3 Å². The lowest BCUT2D eigenvalue weighted by Crippen LogP contribution is -2.07. The highest BCUT2D eigenvalue weighted by Crippen LogP contribution is 2.19. The van der Waals surface area contributed by atoms with Gasteiger partial charge in [-0.1, -0.05) is 34.1 Å². The molecule has 0 aliphatic rings. The Morgan fingerprint density at radius 2 is 2.03 bits per heavy atom. The second kappa shape index (κ2) is 10.7. The van der Waals surface area contributed by atoms with E-state index in [2.05, 4.69) is 31.4 Å². The molecule has 0 fully saturated rings. The number of hydrogen-bond donors (Lipinski definition) is 1. The molecule has 1 N–H and O–H groups in total. The first kappa shape index (κ1) is 21.0. The summed E-state index contributed by atoms with van der Waals surface area (Å²) >= 11 is 4.90. The van der Waals surface area contributed by atoms with Crippen LogP contribution in [0.5, 0.6) is 5.75 Å². The Labute approximate surface area is 181 Å². The molecule has 0 bridgehead atoms. The quantitative estimate of drug-likeness (QED) is 0.267. The first-order valence-corrected chi connectivity index (χ1v) is 10.7. The van der Waals surface area contributed by atoms with E-state index in [0.717, 1.165) is 21.3 Å². The molecule has 8 heteroatoms. The van der Waals surface area contributed by atoms with Crippen LogP contribution in [0.25, 0.3) is 0 Å². The number of anilines is 1. The van der Waals surface area contributed by atoms with Gasteiger partial charge in [-0.05, 0) is 42.8 Å². The third-order valence-corrected chi connectivity index (χ3v) is 5.36. The number of hydrazone groups is 1. The SMILES string of the molecule is CCOC(=O)Cc1csc(NN=Cc2ccc(OCc3ccccc3Br)cc2)n1. The van der Waals surface area contributed by atoms with Gasteiger partial charge in [-0.15, -0.1) is 11.3 Å². The topological polar surface area (TPSA) is 72.8 Å². The van der Waals surface area contributed by atoms with Crippen molar-refractivity contribution in [3.63, 3.8) is 0 Å². The predicted molar refractivity (Wildman–Crippen MR) is 119 cm³/mol. The maximum absolute atomic E-state index is 11.5. The third kappa shape index (κ3) is 6.69. The smallest absolute Gasteiger partial charge is 0.311 e. The van der Waals surface area contributed by atoms with Crippen LogP contribution in [0.1, 0.15) is 23.7 Å². The fraction of sp³-hybridized carbons (Fsp3) is 0.190. The van der Waals surface area contributed by atoms with Gasteiger partial charge in [0.25, 0.3) is 0 Å². The summed E-state index contributed by atoms with van der Waals surface area (Å²) in [5.41, 5.74) is 5.55. The summed E-state index contributed by atoms with van der Waals surface area (Å²) < 4.78 is 11.8. The van der Waals surface area contributed by atoms with E-state index in [4.69, 9.17) is 9.47 Å². The standard InChI is InChI=1S/C21H20BrN3O3S/c1-2-27-20(26)11-17-14-29-21(24-17)25-23-12-15-7-9-18(10-8-15)28-13-16-5-3-4-6-19(16)22/h3-10,12,14H,2,11,13H2,1H3,(H,24,25). The molecular formula is C21H20BrN3O3S. The number of ether oxygens (including phenoxy) is 2. The van der Waals surface area contributed by atoms with Crippen molar-refractivity contribution >= 4 is 44.6 Å². The van der Waals surface area contributed by atoms with E-state index in [9.17, 15) is 4.79 Å². The molecule has 0 spiro atoms. The van der Waals surface area contributed by atoms with Gasteiger partial charge in [0.1, 0.15) is 12.4 Å². The van der Waals surface area contributed by atoms with Crippen molar-refractivity contribution in [1.82, 2.24) is 4.98 Å². The lowest BCUT2D eigenvalue weighted by molar-refractivity contribution is -0.142. The van der Waals surface area contributed by atoms with Gasteiger partial charge in [0, 0.05) is 15.4 Å². The molecule has 3 rings (SSSR count). The van der Waals surface area contributed by atoms with Gasteiger partial charge in [-0.2, -0.15) is 5.10 Å². The molecule has 2 aromatic carbocycles. The Morgan fingerprint density at radius 3 is 2.79 bits per heavy atom. The molecule has 1 aromatic heterocycles. The normalized spacial score (nSPS) is 10.8. The van der Waals surface area contributed by atoms with Gasteiger partial charge in [-0.25, -0.2) is 4.98 Å². The molecule has 0 radical (unpaired) electrons. The lowest BCUT2D eigenvalue weighted by Gasteiger charge is -2.08. The highest BCUT2D eigenvalue weighted by Gasteiger charge is 2.07. The number of carbonyl (C=O) groups is 1. The van der Waals surface area contributed by atoms with Crippen molar-refractivity contribution in [2.75, 3.05) is 12.0 Å². The molecule has 1 heterocycles. The summed E-state index contributed by atoms with van der Waals surface area (Å²) in [5.74, 6) is 0.504. The Bertz CT molecular complexity index is 973. The van der Waals surface area contributed by atoms with Gasteiger partial charge in [-0.3, -0.25) is 10.2 Å². The monoisotopic (exact) mass is 473 g/mol. The Hall–Kier alpha value is -2.71. The zero-order chi connectivity index (χ0) is 20.5. The summed E-state index contributed by atoms with van der Waals surface area (Å²) in [6.07, 6.45) is 1.86. The van der Waals surface area contributed by atoms with Crippen LogP contribution in [-0.4, -0.2) is 23.8 Å². The average molecular weight is 474 g/mol. The van der Waals surface area contributed by atoms with Crippen molar-refractivity contribution < 1.29 is 14.3 Å². The van der Waals surface area contributed by atoms with E-state index >= 15 is 0 Å². The maximum Gasteiger partial charge on any atom is 0.311 e. The molecule has 0 aliphatic carbocycles. The molecule has 29 heavy (non-hydrogen) atoms. The van der Waals surface area contributed by atoms with Crippen LogP contribution in [0.4, 0.5) is 5.13 Å². The Kier molecular flexibility index (Phi) is 7.77. The molecule has 0 amide bonds. The highest BCUT2D eigenvalue weighted by atomic mass is 79.9. The van der Waals surface area contributed by atoms with Crippen molar-refractivity contribution in [2.45, 2.75) is 20.0 Å². The number of halogens is 1. The number of hydrogen-bond acceptors (Lipinski definition) is 7. The molecular weight excluding hydrogens is 454 g/mol. The minimum absolute atomic E-state index is 0.163. The number of nitrogens with zero attached hydrogens (tertiary/aromatic N) is 2. The second-order valence-corrected chi connectivity index (χ2v) is 7.66. The van der Waals surface area contributed by atoms with E-state index in [0.29, 0.717) is 24.0 Å². The maximum atomic E-state index is 11.5. The number of aromatic nitrogens is 1. The third-order valence-electron chi connectivity index (χ3n) is 3.79. The summed E-state index contributed by atoms with van der Waals surface area (Å²) in [7, 11) is 0. The first-order chi connectivity index (χ1) is 14.1. The first-order valence-electron chi connectivity index (χ1n) is 8.99. The van der Waals surface area contributed by atoms with Gasteiger partial charge >= 0.3 is 5.97 Å². The molecule has 0 saturated heterocycles. The fourth-order valence-corrected chi connectivity index (χ4v) is 3.45. The molecule has 150 valence electrons. The Balaban J connectivity index is 1.48. The zero-order valence-corrected chi connectivity index (χ0v) is 18.2. The average Bonchev–Trinajstić information content (AvgIpc) is 3.15. The predicted octanol–water partition coefficient (Wildman–Crippen LogP) is 5.04. The Morgan fingerprint density at radius 1 is 1.24 bits per heavy atom. The van der Waals surface area contributed by atoms with Gasteiger partial charge in [0.15, 0.2) is 0 Å². The molecule has 0 unspecified atom stereocenters.